The average Bonchev–Trinajstić information content (AvgIpc) is 2.45. The minimum Gasteiger partial charge on any atom is -0.449 e. The van der Waals surface area contributed by atoms with Crippen LogP contribution in [-0.4, -0.2) is 0 Å². The molecule has 0 atom stereocenters. The number of aryl methyl sites for hydroxylation is 1. The molecule has 0 fully saturated rings. The highest BCUT2D eigenvalue weighted by molar-refractivity contribution is 9.10. The van der Waals surface area contributed by atoms with Crippen molar-refractivity contribution in [2.45, 2.75) is 6.92 Å². The van der Waals surface area contributed by atoms with Crippen LogP contribution in [0.4, 0.5) is 4.39 Å². The monoisotopic (exact) mass is 288 g/mol. The van der Waals surface area contributed by atoms with Crippen LogP contribution in [0.2, 0.25) is 5.02 Å². The third kappa shape index (κ3) is 2.08. The van der Waals surface area contributed by atoms with Crippen molar-refractivity contribution in [3.63, 3.8) is 0 Å². The zero-order chi connectivity index (χ0) is 11.0. The predicted molar refractivity (Wildman–Crippen MR) is 61.5 cm³/mol. The number of furan rings is 1. The van der Waals surface area contributed by atoms with E-state index in [-0.39, 0.29) is 5.82 Å². The fraction of sp³-hybridized carbons (Fsp3) is 0.0909. The number of hydrogen-bond acceptors (Lipinski definition) is 1. The Morgan fingerprint density at radius 1 is 1.33 bits per heavy atom. The molecule has 15 heavy (non-hydrogen) atoms. The number of hydrogen-bond donors (Lipinski definition) is 0. The molecule has 0 amide bonds. The minimum absolute atomic E-state index is 0.347. The van der Waals surface area contributed by atoms with Crippen LogP contribution in [0.1, 0.15) is 5.56 Å². The first-order valence-corrected chi connectivity index (χ1v) is 5.46. The van der Waals surface area contributed by atoms with Crippen molar-refractivity contribution in [2.24, 2.45) is 0 Å². The molecule has 0 bridgehead atoms. The van der Waals surface area contributed by atoms with Crippen molar-refractivity contribution in [2.75, 3.05) is 0 Å². The molecule has 1 heterocycles. The smallest absolute Gasteiger partial charge is 0.170 e. The molecule has 0 unspecified atom stereocenters. The largest absolute Gasteiger partial charge is 0.449 e. The van der Waals surface area contributed by atoms with Gasteiger partial charge in [0.25, 0.3) is 0 Å². The van der Waals surface area contributed by atoms with Crippen molar-refractivity contribution in [1.82, 2.24) is 0 Å². The summed E-state index contributed by atoms with van der Waals surface area (Å²) in [5.41, 5.74) is 1.65. The molecule has 1 aromatic heterocycles. The van der Waals surface area contributed by atoms with Gasteiger partial charge in [0.05, 0.1) is 5.02 Å². The van der Waals surface area contributed by atoms with Gasteiger partial charge < -0.3 is 4.42 Å². The van der Waals surface area contributed by atoms with E-state index in [1.807, 2.05) is 13.0 Å². The van der Waals surface area contributed by atoms with Crippen LogP contribution in [0.25, 0.3) is 11.3 Å². The lowest BCUT2D eigenvalue weighted by Gasteiger charge is -2.01. The molecule has 0 aliphatic heterocycles. The normalized spacial score (nSPS) is 10.7. The van der Waals surface area contributed by atoms with E-state index >= 15 is 0 Å². The second-order valence-corrected chi connectivity index (χ2v) is 4.38. The second-order valence-electron chi connectivity index (χ2n) is 3.19. The topological polar surface area (TPSA) is 13.1 Å². The van der Waals surface area contributed by atoms with Crippen molar-refractivity contribution < 1.29 is 8.81 Å². The van der Waals surface area contributed by atoms with Crippen LogP contribution in [0.3, 0.4) is 0 Å². The maximum atomic E-state index is 12.8. The van der Waals surface area contributed by atoms with Crippen LogP contribution >= 0.6 is 27.5 Å². The van der Waals surface area contributed by atoms with Gasteiger partial charge in [-0.15, -0.1) is 0 Å². The maximum Gasteiger partial charge on any atom is 0.170 e. The van der Waals surface area contributed by atoms with Crippen molar-refractivity contribution >= 4 is 27.5 Å². The summed E-state index contributed by atoms with van der Waals surface area (Å²) in [6.07, 6.45) is 0. The molecule has 1 nitrogen and oxygen atoms in total. The number of rotatable bonds is 1. The Morgan fingerprint density at radius 3 is 2.60 bits per heavy atom. The standard InChI is InChI=1S/C11H7BrClFO/c1-6-4-10(12)15-11(6)8-3-2-7(14)5-9(8)13/h2-5H,1H3. The van der Waals surface area contributed by atoms with Crippen molar-refractivity contribution in [1.29, 1.82) is 0 Å². The van der Waals surface area contributed by atoms with Crippen LogP contribution < -0.4 is 0 Å². The zero-order valence-corrected chi connectivity index (χ0v) is 10.2. The fourth-order valence-corrected chi connectivity index (χ4v) is 2.14. The van der Waals surface area contributed by atoms with Gasteiger partial charge in [-0.2, -0.15) is 0 Å². The second kappa shape index (κ2) is 3.99. The maximum absolute atomic E-state index is 12.8. The van der Waals surface area contributed by atoms with Gasteiger partial charge in [-0.05, 0) is 52.7 Å². The molecule has 0 spiro atoms. The van der Waals surface area contributed by atoms with Crippen molar-refractivity contribution in [3.8, 4) is 11.3 Å². The van der Waals surface area contributed by atoms with Gasteiger partial charge in [0.1, 0.15) is 11.6 Å². The van der Waals surface area contributed by atoms with Gasteiger partial charge in [0.15, 0.2) is 4.67 Å². The van der Waals surface area contributed by atoms with Gasteiger partial charge >= 0.3 is 0 Å². The molecular weight excluding hydrogens is 282 g/mol. The first kappa shape index (κ1) is 10.7. The highest BCUT2D eigenvalue weighted by Crippen LogP contribution is 2.34. The predicted octanol–water partition coefficient (Wildman–Crippen LogP) is 4.81. The van der Waals surface area contributed by atoms with Gasteiger partial charge in [0.2, 0.25) is 0 Å². The van der Waals surface area contributed by atoms with Gasteiger partial charge in [0, 0.05) is 5.56 Å². The Bertz CT molecular complexity index is 507. The summed E-state index contributed by atoms with van der Waals surface area (Å²) in [5, 5.41) is 0.347. The van der Waals surface area contributed by atoms with Gasteiger partial charge in [-0.1, -0.05) is 11.6 Å². The lowest BCUT2D eigenvalue weighted by molar-refractivity contribution is 0.554. The highest BCUT2D eigenvalue weighted by Gasteiger charge is 2.12. The van der Waals surface area contributed by atoms with E-state index in [0.717, 1.165) is 5.56 Å². The summed E-state index contributed by atoms with van der Waals surface area (Å²) >= 11 is 9.17. The lowest BCUT2D eigenvalue weighted by atomic mass is 10.1. The van der Waals surface area contributed by atoms with Gasteiger partial charge in [-0.25, -0.2) is 4.39 Å². The van der Waals surface area contributed by atoms with E-state index in [9.17, 15) is 4.39 Å². The summed E-state index contributed by atoms with van der Waals surface area (Å²) < 4.78 is 18.9. The summed E-state index contributed by atoms with van der Waals surface area (Å²) in [5.74, 6) is 0.305. The third-order valence-electron chi connectivity index (χ3n) is 2.06. The Labute approximate surface area is 100.0 Å². The van der Waals surface area contributed by atoms with E-state index in [1.54, 1.807) is 6.07 Å². The lowest BCUT2D eigenvalue weighted by Crippen LogP contribution is -1.81. The zero-order valence-electron chi connectivity index (χ0n) is 7.85. The highest BCUT2D eigenvalue weighted by atomic mass is 79.9. The summed E-state index contributed by atoms with van der Waals surface area (Å²) in [4.78, 5) is 0. The Kier molecular flexibility index (Phi) is 2.85. The molecule has 2 aromatic rings. The molecule has 0 radical (unpaired) electrons. The van der Waals surface area contributed by atoms with E-state index < -0.39 is 0 Å². The Morgan fingerprint density at radius 2 is 2.07 bits per heavy atom. The van der Waals surface area contributed by atoms with E-state index in [1.165, 1.54) is 12.1 Å². The molecule has 1 aromatic carbocycles. The molecule has 78 valence electrons. The molecule has 2 rings (SSSR count). The molecule has 0 saturated carbocycles. The Hall–Kier alpha value is -0.800. The average molecular weight is 290 g/mol. The van der Waals surface area contributed by atoms with Crippen LogP contribution in [0.15, 0.2) is 33.4 Å². The quantitative estimate of drug-likeness (QED) is 0.734. The fourth-order valence-electron chi connectivity index (χ4n) is 1.38. The molecule has 0 saturated heterocycles. The summed E-state index contributed by atoms with van der Waals surface area (Å²) in [6, 6.07) is 6.08. The molecule has 0 N–H and O–H groups in total. The summed E-state index contributed by atoms with van der Waals surface area (Å²) in [6.45, 7) is 1.91. The van der Waals surface area contributed by atoms with Crippen LogP contribution in [0, 0.1) is 12.7 Å². The van der Waals surface area contributed by atoms with Crippen LogP contribution in [0.5, 0.6) is 0 Å². The molecule has 0 aliphatic carbocycles. The first-order chi connectivity index (χ1) is 7.08. The third-order valence-corrected chi connectivity index (χ3v) is 2.77. The number of halogens is 3. The van der Waals surface area contributed by atoms with E-state index in [0.29, 0.717) is 21.0 Å². The van der Waals surface area contributed by atoms with E-state index in [2.05, 4.69) is 15.9 Å². The number of benzene rings is 1. The molecular formula is C11H7BrClFO. The van der Waals surface area contributed by atoms with Gasteiger partial charge in [-0.3, -0.25) is 0 Å². The molecule has 0 aliphatic rings. The minimum atomic E-state index is -0.355. The van der Waals surface area contributed by atoms with Crippen molar-refractivity contribution in [3.05, 3.63) is 45.3 Å². The SMILES string of the molecule is Cc1cc(Br)oc1-c1ccc(F)cc1Cl. The van der Waals surface area contributed by atoms with E-state index in [4.69, 9.17) is 16.0 Å². The Balaban J connectivity index is 2.59. The first-order valence-electron chi connectivity index (χ1n) is 4.29. The van der Waals surface area contributed by atoms with Crippen LogP contribution in [-0.2, 0) is 0 Å². The summed E-state index contributed by atoms with van der Waals surface area (Å²) in [7, 11) is 0. The molecule has 4 heteroatoms.